The quantitative estimate of drug-likeness (QED) is 0.127. The third-order valence-corrected chi connectivity index (χ3v) is 8.08. The zero-order valence-electron chi connectivity index (χ0n) is 26.1. The Hall–Kier alpha value is -5.55. The Balaban J connectivity index is 0.938. The fourth-order valence-electron chi connectivity index (χ4n) is 5.67. The third-order valence-electron chi connectivity index (χ3n) is 8.08. The molecular formula is C36H36N6O5. The molecule has 1 unspecified atom stereocenters. The summed E-state index contributed by atoms with van der Waals surface area (Å²) in [6.07, 6.45) is 7.05. The highest BCUT2D eigenvalue weighted by Gasteiger charge is 2.36. The topological polar surface area (TPSA) is 127 Å². The highest BCUT2D eigenvalue weighted by molar-refractivity contribution is 6.01. The number of rotatable bonds is 15. The number of nitrogens with one attached hydrogen (secondary N) is 2. The predicted molar refractivity (Wildman–Crippen MR) is 178 cm³/mol. The van der Waals surface area contributed by atoms with E-state index in [2.05, 4.69) is 39.9 Å². The van der Waals surface area contributed by atoms with Gasteiger partial charge in [0.2, 0.25) is 5.91 Å². The molecule has 4 heterocycles. The Bertz CT molecular complexity index is 1840. The van der Waals surface area contributed by atoms with Crippen LogP contribution in [-0.2, 0) is 20.9 Å². The van der Waals surface area contributed by atoms with Crippen LogP contribution >= 0.6 is 0 Å². The number of hydrogen-bond donors (Lipinski definition) is 2. The number of ether oxygens (including phenoxy) is 2. The van der Waals surface area contributed by atoms with Gasteiger partial charge in [0, 0.05) is 56.3 Å². The maximum Gasteiger partial charge on any atom is 0.255 e. The maximum atomic E-state index is 13.0. The number of amides is 2. The summed E-state index contributed by atoms with van der Waals surface area (Å²) in [5, 5.41) is 5.90. The molecular weight excluding hydrogens is 596 g/mol. The van der Waals surface area contributed by atoms with Gasteiger partial charge in [0.05, 0.1) is 18.9 Å². The molecule has 0 bridgehead atoms. The van der Waals surface area contributed by atoms with Crippen LogP contribution in [0.5, 0.6) is 5.75 Å². The highest BCUT2D eigenvalue weighted by atomic mass is 16.5. The zero-order valence-corrected chi connectivity index (χ0v) is 26.1. The lowest BCUT2D eigenvalue weighted by Crippen LogP contribution is -2.46. The van der Waals surface area contributed by atoms with Gasteiger partial charge in [0.1, 0.15) is 36.1 Å². The average Bonchev–Trinajstić information content (AvgIpc) is 3.69. The van der Waals surface area contributed by atoms with Gasteiger partial charge in [-0.2, -0.15) is 0 Å². The number of likely N-dealkylation sites (N-methyl/N-ethyl adjacent to an activating group) is 1. The smallest absolute Gasteiger partial charge is 0.255 e. The molecule has 1 aliphatic rings. The van der Waals surface area contributed by atoms with Crippen LogP contribution in [0.1, 0.15) is 28.8 Å². The molecule has 1 aliphatic heterocycles. The Morgan fingerprint density at radius 2 is 1.85 bits per heavy atom. The molecule has 0 radical (unpaired) electrons. The molecule has 47 heavy (non-hydrogen) atoms. The molecule has 0 saturated carbocycles. The van der Waals surface area contributed by atoms with Crippen molar-refractivity contribution in [3.63, 3.8) is 0 Å². The molecule has 0 spiro atoms. The van der Waals surface area contributed by atoms with Gasteiger partial charge in [-0.15, -0.1) is 0 Å². The van der Waals surface area contributed by atoms with Gasteiger partial charge in [-0.25, -0.2) is 9.97 Å². The van der Waals surface area contributed by atoms with Crippen molar-refractivity contribution in [3.05, 3.63) is 103 Å². The molecule has 0 saturated heterocycles. The van der Waals surface area contributed by atoms with E-state index in [0.717, 1.165) is 45.7 Å². The fraction of sp³-hybridized carbons (Fsp3) is 0.250. The second-order valence-corrected chi connectivity index (χ2v) is 11.1. The number of hydrogen-bond acceptors (Lipinski definition) is 8. The van der Waals surface area contributed by atoms with E-state index in [0.29, 0.717) is 37.7 Å². The first kappa shape index (κ1) is 31.4. The van der Waals surface area contributed by atoms with Crippen LogP contribution < -0.4 is 15.4 Å². The van der Waals surface area contributed by atoms with Crippen molar-refractivity contribution in [2.24, 2.45) is 0 Å². The van der Waals surface area contributed by atoms with Crippen LogP contribution in [0.4, 0.5) is 5.82 Å². The lowest BCUT2D eigenvalue weighted by Gasteiger charge is -2.25. The molecule has 0 aliphatic carbocycles. The molecule has 2 amide bonds. The Morgan fingerprint density at radius 3 is 2.66 bits per heavy atom. The van der Waals surface area contributed by atoms with Crippen molar-refractivity contribution in [1.29, 1.82) is 0 Å². The number of benzene rings is 2. The van der Waals surface area contributed by atoms with Gasteiger partial charge in [-0.3, -0.25) is 9.59 Å². The first-order chi connectivity index (χ1) is 23.0. The van der Waals surface area contributed by atoms with Crippen LogP contribution in [0, 0.1) is 0 Å². The lowest BCUT2D eigenvalue weighted by molar-refractivity contribution is -0.125. The summed E-state index contributed by atoms with van der Waals surface area (Å²) in [6, 6.07) is 22.9. The Morgan fingerprint density at radius 1 is 1.00 bits per heavy atom. The van der Waals surface area contributed by atoms with Crippen LogP contribution in [0.3, 0.4) is 0 Å². The second-order valence-electron chi connectivity index (χ2n) is 11.1. The zero-order chi connectivity index (χ0) is 32.6. The minimum absolute atomic E-state index is 0.200. The summed E-state index contributed by atoms with van der Waals surface area (Å²) in [5.41, 5.74) is 6.38. The highest BCUT2D eigenvalue weighted by Crippen LogP contribution is 2.30. The van der Waals surface area contributed by atoms with Gasteiger partial charge in [-0.1, -0.05) is 30.3 Å². The number of carbonyl (C=O) groups is 3. The minimum Gasteiger partial charge on any atom is -0.491 e. The molecule has 6 rings (SSSR count). The number of anilines is 1. The van der Waals surface area contributed by atoms with Gasteiger partial charge in [-0.05, 0) is 65.6 Å². The molecule has 5 aromatic rings. The molecule has 1 atom stereocenters. The first-order valence-electron chi connectivity index (χ1n) is 15.6. The standard InChI is InChI=1S/C36H36N6O5/c1-37-35(44)32(5-4-17-43)42-23-28-21-29(11-12-30(28)36(42)45)47-20-19-46-18-15-39-33-22-27(13-14-38-33)25-7-9-26(10-8-25)31-24-41-16-3-2-6-34(41)40-31/h2-3,6-14,16-17,21-22,24,32H,4-5,15,18-20,23H2,1H3,(H,37,44)(H,38,39). The fourth-order valence-corrected chi connectivity index (χ4v) is 5.67. The van der Waals surface area contributed by atoms with Crippen LogP contribution in [0.15, 0.2) is 91.4 Å². The normalized spacial score (nSPS) is 13.0. The lowest BCUT2D eigenvalue weighted by atomic mass is 10.0. The van der Waals surface area contributed by atoms with Gasteiger partial charge in [0.15, 0.2) is 0 Å². The number of aromatic nitrogens is 3. The monoisotopic (exact) mass is 632 g/mol. The van der Waals surface area contributed by atoms with Crippen LogP contribution in [0.25, 0.3) is 28.0 Å². The third kappa shape index (κ3) is 7.31. The molecule has 0 fully saturated rings. The van der Waals surface area contributed by atoms with Crippen molar-refractivity contribution < 1.29 is 23.9 Å². The first-order valence-corrected chi connectivity index (χ1v) is 15.6. The van der Waals surface area contributed by atoms with E-state index in [4.69, 9.17) is 14.5 Å². The number of imidazole rings is 1. The van der Waals surface area contributed by atoms with Gasteiger partial charge < -0.3 is 34.2 Å². The van der Waals surface area contributed by atoms with Crippen molar-refractivity contribution in [3.8, 4) is 28.1 Å². The summed E-state index contributed by atoms with van der Waals surface area (Å²) < 4.78 is 13.6. The van der Waals surface area contributed by atoms with E-state index < -0.39 is 6.04 Å². The molecule has 3 aromatic heterocycles. The maximum absolute atomic E-state index is 13.0. The number of fused-ring (bicyclic) bond motifs is 2. The van der Waals surface area contributed by atoms with Gasteiger partial charge >= 0.3 is 0 Å². The average molecular weight is 633 g/mol. The molecule has 11 nitrogen and oxygen atoms in total. The summed E-state index contributed by atoms with van der Waals surface area (Å²) >= 11 is 0. The van der Waals surface area contributed by atoms with Crippen molar-refractivity contribution in [2.45, 2.75) is 25.4 Å². The minimum atomic E-state index is -0.699. The summed E-state index contributed by atoms with van der Waals surface area (Å²) in [6.45, 7) is 2.07. The van der Waals surface area contributed by atoms with E-state index in [1.807, 2.05) is 53.2 Å². The van der Waals surface area contributed by atoms with Crippen LogP contribution in [-0.4, -0.2) is 76.8 Å². The number of nitrogens with zero attached hydrogens (tertiary/aromatic N) is 4. The Kier molecular flexibility index (Phi) is 9.83. The van der Waals surface area contributed by atoms with Crippen molar-refractivity contribution in [1.82, 2.24) is 24.6 Å². The Labute approximate surface area is 272 Å². The SMILES string of the molecule is CNC(=O)C(CCC=O)N1Cc2cc(OCCOCCNc3cc(-c4ccc(-c5cn6ccccc6n5)cc4)ccn3)ccc2C1=O. The summed E-state index contributed by atoms with van der Waals surface area (Å²) in [7, 11) is 1.52. The predicted octanol–water partition coefficient (Wildman–Crippen LogP) is 4.62. The van der Waals surface area contributed by atoms with E-state index in [9.17, 15) is 14.4 Å². The largest absolute Gasteiger partial charge is 0.491 e. The van der Waals surface area contributed by atoms with Crippen molar-refractivity contribution in [2.75, 3.05) is 38.7 Å². The van der Waals surface area contributed by atoms with Gasteiger partial charge in [0.25, 0.3) is 5.91 Å². The van der Waals surface area contributed by atoms with E-state index in [1.54, 1.807) is 18.3 Å². The van der Waals surface area contributed by atoms with E-state index >= 15 is 0 Å². The second kappa shape index (κ2) is 14.7. The molecule has 11 heteroatoms. The van der Waals surface area contributed by atoms with E-state index in [1.165, 1.54) is 11.9 Å². The van der Waals surface area contributed by atoms with Crippen LogP contribution in [0.2, 0.25) is 0 Å². The molecule has 2 N–H and O–H groups in total. The summed E-state index contributed by atoms with van der Waals surface area (Å²) in [5.74, 6) is 0.875. The molecule has 240 valence electrons. The number of carbonyl (C=O) groups excluding carboxylic acids is 3. The van der Waals surface area contributed by atoms with Crippen molar-refractivity contribution >= 4 is 29.6 Å². The summed E-state index contributed by atoms with van der Waals surface area (Å²) in [4.78, 5) is 46.9. The number of aldehydes is 1. The molecule has 2 aromatic carbocycles. The van der Waals surface area contributed by atoms with E-state index in [-0.39, 0.29) is 31.2 Å². The number of pyridine rings is 2.